The number of nitro groups is 1. The number of benzene rings is 1. The molecule has 1 saturated heterocycles. The number of hydrogen-bond acceptors (Lipinski definition) is 7. The average Bonchev–Trinajstić information content (AvgIpc) is 2.73. The van der Waals surface area contributed by atoms with Crippen LogP contribution in [0.15, 0.2) is 23.1 Å². The van der Waals surface area contributed by atoms with Crippen LogP contribution in [-0.2, 0) is 14.8 Å². The number of hydrogen-bond donors (Lipinski definition) is 0. The van der Waals surface area contributed by atoms with Gasteiger partial charge in [0.15, 0.2) is 11.9 Å². The topological polar surface area (TPSA) is 113 Å². The first-order valence-electron chi connectivity index (χ1n) is 10.1. The normalized spacial score (nSPS) is 16.5. The maximum atomic E-state index is 12.7. The van der Waals surface area contributed by atoms with Gasteiger partial charge in [0.2, 0.25) is 10.0 Å². The van der Waals surface area contributed by atoms with Gasteiger partial charge < -0.3 is 14.5 Å². The Balaban J connectivity index is 2.21. The Bertz CT molecular complexity index is 864. The predicted octanol–water partition coefficient (Wildman–Crippen LogP) is 1.56. The second kappa shape index (κ2) is 10.2. The van der Waals surface area contributed by atoms with E-state index in [1.165, 1.54) is 16.4 Å². The zero-order valence-electron chi connectivity index (χ0n) is 17.9. The van der Waals surface area contributed by atoms with Gasteiger partial charge in [-0.3, -0.25) is 14.9 Å². The van der Waals surface area contributed by atoms with Crippen molar-refractivity contribution in [1.29, 1.82) is 0 Å². The van der Waals surface area contributed by atoms with Crippen LogP contribution in [0.3, 0.4) is 0 Å². The summed E-state index contributed by atoms with van der Waals surface area (Å²) in [6, 6.07) is 3.50. The van der Waals surface area contributed by atoms with Crippen molar-refractivity contribution < 1.29 is 22.9 Å². The molecule has 1 unspecified atom stereocenters. The van der Waals surface area contributed by atoms with Gasteiger partial charge in [0, 0.05) is 45.3 Å². The number of carbonyl (C=O) groups excluding carboxylic acids is 1. The van der Waals surface area contributed by atoms with Gasteiger partial charge in [-0.05, 0) is 25.6 Å². The summed E-state index contributed by atoms with van der Waals surface area (Å²) < 4.78 is 32.2. The molecular weight excluding hydrogens is 412 g/mol. The van der Waals surface area contributed by atoms with Crippen molar-refractivity contribution in [3.05, 3.63) is 28.3 Å². The van der Waals surface area contributed by atoms with E-state index in [0.29, 0.717) is 13.1 Å². The number of rotatable bonds is 9. The maximum Gasteiger partial charge on any atom is 0.312 e. The highest BCUT2D eigenvalue weighted by Crippen LogP contribution is 2.31. The molecule has 1 aromatic carbocycles. The number of piperazine rings is 1. The van der Waals surface area contributed by atoms with E-state index >= 15 is 0 Å². The predicted molar refractivity (Wildman–Crippen MR) is 112 cm³/mol. The van der Waals surface area contributed by atoms with Crippen LogP contribution < -0.4 is 4.74 Å². The van der Waals surface area contributed by atoms with Crippen molar-refractivity contribution in [2.75, 3.05) is 45.8 Å². The van der Waals surface area contributed by atoms with Crippen LogP contribution in [0, 0.1) is 10.1 Å². The van der Waals surface area contributed by atoms with Crippen molar-refractivity contribution in [3.63, 3.8) is 0 Å². The molecule has 1 aliphatic heterocycles. The van der Waals surface area contributed by atoms with Crippen LogP contribution in [0.1, 0.15) is 27.7 Å². The van der Waals surface area contributed by atoms with Gasteiger partial charge in [-0.25, -0.2) is 8.42 Å². The van der Waals surface area contributed by atoms with Crippen molar-refractivity contribution in [2.45, 2.75) is 38.7 Å². The monoisotopic (exact) mass is 442 g/mol. The zero-order chi connectivity index (χ0) is 22.5. The maximum absolute atomic E-state index is 12.7. The molecule has 0 N–H and O–H groups in total. The zero-order valence-corrected chi connectivity index (χ0v) is 18.7. The third-order valence-corrected chi connectivity index (χ3v) is 7.30. The van der Waals surface area contributed by atoms with Crippen LogP contribution in [0.2, 0.25) is 0 Å². The molecule has 0 aromatic heterocycles. The fourth-order valence-electron chi connectivity index (χ4n) is 3.40. The minimum absolute atomic E-state index is 0.133. The average molecular weight is 443 g/mol. The van der Waals surface area contributed by atoms with E-state index < -0.39 is 26.7 Å². The quantitative estimate of drug-likeness (QED) is 0.421. The van der Waals surface area contributed by atoms with Gasteiger partial charge in [0.25, 0.3) is 5.91 Å². The molecule has 0 bridgehead atoms. The van der Waals surface area contributed by atoms with E-state index in [-0.39, 0.29) is 29.6 Å². The molecule has 168 valence electrons. The standard InChI is InChI=1S/C19H30N4O6S/c1-5-20-10-12-21(13-11-20)19(24)15(4)29-18-9-8-16(14-17(18)23(25)26)30(27,28)22(6-2)7-3/h8-9,14-15H,5-7,10-13H2,1-4H3. The van der Waals surface area contributed by atoms with Crippen molar-refractivity contribution in [3.8, 4) is 5.75 Å². The Morgan fingerprint density at radius 1 is 1.20 bits per heavy atom. The summed E-state index contributed by atoms with van der Waals surface area (Å²) in [7, 11) is -3.85. The number of amides is 1. The van der Waals surface area contributed by atoms with Crippen LogP contribution in [-0.4, -0.2) is 85.3 Å². The lowest BCUT2D eigenvalue weighted by molar-refractivity contribution is -0.386. The molecule has 1 aliphatic rings. The smallest absolute Gasteiger partial charge is 0.312 e. The lowest BCUT2D eigenvalue weighted by Crippen LogP contribution is -2.51. The molecule has 1 fully saturated rings. The first-order valence-corrected chi connectivity index (χ1v) is 11.6. The highest BCUT2D eigenvalue weighted by Gasteiger charge is 2.30. The molecule has 0 radical (unpaired) electrons. The summed E-state index contributed by atoms with van der Waals surface area (Å²) in [4.78, 5) is 27.3. The highest BCUT2D eigenvalue weighted by atomic mass is 32.2. The van der Waals surface area contributed by atoms with Crippen LogP contribution in [0.4, 0.5) is 5.69 Å². The lowest BCUT2D eigenvalue weighted by atomic mass is 10.2. The van der Waals surface area contributed by atoms with Crippen LogP contribution in [0.25, 0.3) is 0 Å². The lowest BCUT2D eigenvalue weighted by Gasteiger charge is -2.35. The Labute approximate surface area is 177 Å². The van der Waals surface area contributed by atoms with Gasteiger partial charge in [-0.2, -0.15) is 4.31 Å². The van der Waals surface area contributed by atoms with E-state index in [0.717, 1.165) is 25.7 Å². The summed E-state index contributed by atoms with van der Waals surface area (Å²) in [5.41, 5.74) is -0.487. The number of sulfonamides is 1. The third kappa shape index (κ3) is 5.27. The number of likely N-dealkylation sites (N-methyl/N-ethyl adjacent to an activating group) is 1. The molecule has 1 aromatic rings. The van der Waals surface area contributed by atoms with Gasteiger partial charge in [-0.1, -0.05) is 20.8 Å². The van der Waals surface area contributed by atoms with E-state index in [2.05, 4.69) is 11.8 Å². The Morgan fingerprint density at radius 3 is 2.30 bits per heavy atom. The highest BCUT2D eigenvalue weighted by molar-refractivity contribution is 7.89. The molecule has 1 heterocycles. The first-order chi connectivity index (χ1) is 14.1. The van der Waals surface area contributed by atoms with E-state index in [4.69, 9.17) is 4.74 Å². The Morgan fingerprint density at radius 2 is 1.80 bits per heavy atom. The van der Waals surface area contributed by atoms with E-state index in [1.807, 2.05) is 0 Å². The summed E-state index contributed by atoms with van der Waals surface area (Å²) in [6.45, 7) is 11.1. The summed E-state index contributed by atoms with van der Waals surface area (Å²) in [6.07, 6.45) is -0.929. The SMILES string of the molecule is CCN1CCN(C(=O)C(C)Oc2ccc(S(=O)(=O)N(CC)CC)cc2[N+](=O)[O-])CC1. The number of nitrogens with zero attached hydrogens (tertiary/aromatic N) is 4. The van der Waals surface area contributed by atoms with Crippen molar-refractivity contribution in [2.24, 2.45) is 0 Å². The first kappa shape index (κ1) is 24.0. The van der Waals surface area contributed by atoms with Crippen LogP contribution >= 0.6 is 0 Å². The van der Waals surface area contributed by atoms with Gasteiger partial charge in [0.1, 0.15) is 0 Å². The minimum atomic E-state index is -3.85. The molecule has 11 heteroatoms. The Hall–Kier alpha value is -2.24. The van der Waals surface area contributed by atoms with Gasteiger partial charge in [0.05, 0.1) is 9.82 Å². The summed E-state index contributed by atoms with van der Waals surface area (Å²) in [5, 5.41) is 11.5. The Kier molecular flexibility index (Phi) is 8.16. The number of carbonyl (C=O) groups is 1. The second-order valence-corrected chi connectivity index (χ2v) is 8.93. The van der Waals surface area contributed by atoms with Gasteiger partial charge in [-0.15, -0.1) is 0 Å². The molecule has 0 spiro atoms. The van der Waals surface area contributed by atoms with E-state index in [1.54, 1.807) is 25.7 Å². The summed E-state index contributed by atoms with van der Waals surface area (Å²) in [5.74, 6) is -0.383. The second-order valence-electron chi connectivity index (χ2n) is 7.00. The molecule has 1 atom stereocenters. The van der Waals surface area contributed by atoms with Crippen LogP contribution in [0.5, 0.6) is 5.75 Å². The molecule has 2 rings (SSSR count). The fraction of sp³-hybridized carbons (Fsp3) is 0.632. The number of nitro benzene ring substituents is 1. The molecule has 30 heavy (non-hydrogen) atoms. The van der Waals surface area contributed by atoms with Crippen molar-refractivity contribution >= 4 is 21.6 Å². The largest absolute Gasteiger partial charge is 0.474 e. The summed E-state index contributed by atoms with van der Waals surface area (Å²) >= 11 is 0. The number of ether oxygens (including phenoxy) is 1. The van der Waals surface area contributed by atoms with Crippen molar-refractivity contribution in [1.82, 2.24) is 14.1 Å². The molecular formula is C19H30N4O6S. The van der Waals surface area contributed by atoms with Gasteiger partial charge >= 0.3 is 5.69 Å². The minimum Gasteiger partial charge on any atom is -0.474 e. The molecule has 10 nitrogen and oxygen atoms in total. The molecule has 0 aliphatic carbocycles. The fourth-order valence-corrected chi connectivity index (χ4v) is 4.87. The third-order valence-electron chi connectivity index (χ3n) is 5.25. The molecule has 1 amide bonds. The van der Waals surface area contributed by atoms with E-state index in [9.17, 15) is 23.3 Å². The molecule has 0 saturated carbocycles.